The topological polar surface area (TPSA) is 153 Å². The molecule has 0 radical (unpaired) electrons. The number of carbonyl (C=O) groups is 1. The van der Waals surface area contributed by atoms with E-state index in [4.69, 9.17) is 5.10 Å². The van der Waals surface area contributed by atoms with Crippen LogP contribution in [0.1, 0.15) is 39.7 Å². The standard InChI is InChI=1S/C25H30N10O3S/c1-4-26-25(36)17-12-33(13-17)24-19-11-28-22(9-20(19)35(32-24)15(2)3)30-21-7-8-27-23(31-21)16-10-29-34(14-16)39(37,38)18-5-6-18/h7-11,14-15,17-18H,4-6,12-13H2,1-3H3,(H,26,36)(H,27,28,30,31). The van der Waals surface area contributed by atoms with E-state index in [1.807, 2.05) is 17.7 Å². The molecule has 2 fully saturated rings. The third-order valence-corrected chi connectivity index (χ3v) is 8.94. The molecule has 0 unspecified atom stereocenters. The van der Waals surface area contributed by atoms with E-state index >= 15 is 0 Å². The van der Waals surface area contributed by atoms with E-state index in [9.17, 15) is 13.2 Å². The predicted octanol–water partition coefficient (Wildman–Crippen LogP) is 2.32. The number of amides is 1. The lowest BCUT2D eigenvalue weighted by Crippen LogP contribution is -2.54. The maximum absolute atomic E-state index is 12.5. The number of fused-ring (bicyclic) bond motifs is 1. The third kappa shape index (κ3) is 4.68. The SMILES string of the molecule is CCNC(=O)C1CN(c2nn(C(C)C)c3cc(Nc4ccnc(-c5cnn(S(=O)(=O)C6CC6)c5)n4)ncc23)C1. The Bertz CT molecular complexity index is 1650. The molecule has 6 rings (SSSR count). The highest BCUT2D eigenvalue weighted by molar-refractivity contribution is 7.90. The highest BCUT2D eigenvalue weighted by atomic mass is 32.2. The minimum absolute atomic E-state index is 0.0361. The molecule has 1 amide bonds. The van der Waals surface area contributed by atoms with Crippen LogP contribution in [0, 0.1) is 5.92 Å². The van der Waals surface area contributed by atoms with E-state index < -0.39 is 10.0 Å². The summed E-state index contributed by atoms with van der Waals surface area (Å²) in [6.07, 6.45) is 7.62. The third-order valence-electron chi connectivity index (χ3n) is 6.90. The number of rotatable bonds is 9. The average Bonchev–Trinajstić information content (AvgIpc) is 3.51. The smallest absolute Gasteiger partial charge is 0.256 e. The zero-order valence-corrected chi connectivity index (χ0v) is 22.8. The zero-order valence-electron chi connectivity index (χ0n) is 21.9. The monoisotopic (exact) mass is 550 g/mol. The average molecular weight is 551 g/mol. The van der Waals surface area contributed by atoms with Crippen LogP contribution in [-0.4, -0.2) is 73.1 Å². The van der Waals surface area contributed by atoms with Gasteiger partial charge in [0.2, 0.25) is 5.91 Å². The quantitative estimate of drug-likeness (QED) is 0.317. The first kappa shape index (κ1) is 25.2. The number of aromatic nitrogens is 7. The van der Waals surface area contributed by atoms with Crippen molar-refractivity contribution in [2.75, 3.05) is 29.9 Å². The first-order valence-corrected chi connectivity index (χ1v) is 14.6. The predicted molar refractivity (Wildman–Crippen MR) is 146 cm³/mol. The Kier molecular flexibility index (Phi) is 6.20. The summed E-state index contributed by atoms with van der Waals surface area (Å²) in [7, 11) is -3.46. The van der Waals surface area contributed by atoms with Crippen molar-refractivity contribution < 1.29 is 13.2 Å². The maximum atomic E-state index is 12.5. The van der Waals surface area contributed by atoms with Crippen LogP contribution in [0.25, 0.3) is 22.3 Å². The van der Waals surface area contributed by atoms with E-state index in [-0.39, 0.29) is 23.1 Å². The first-order valence-electron chi connectivity index (χ1n) is 13.0. The van der Waals surface area contributed by atoms with Crippen LogP contribution in [-0.2, 0) is 14.8 Å². The molecule has 0 atom stereocenters. The summed E-state index contributed by atoms with van der Waals surface area (Å²) in [4.78, 5) is 27.7. The van der Waals surface area contributed by atoms with Gasteiger partial charge in [0.15, 0.2) is 11.6 Å². The summed E-state index contributed by atoms with van der Waals surface area (Å²) < 4.78 is 27.9. The van der Waals surface area contributed by atoms with Crippen molar-refractivity contribution in [1.29, 1.82) is 0 Å². The number of anilines is 3. The maximum Gasteiger partial charge on any atom is 0.256 e. The molecule has 39 heavy (non-hydrogen) atoms. The Balaban J connectivity index is 1.23. The van der Waals surface area contributed by atoms with Gasteiger partial charge in [-0.1, -0.05) is 0 Å². The van der Waals surface area contributed by atoms with Gasteiger partial charge in [-0.05, 0) is 39.7 Å². The molecule has 1 aliphatic carbocycles. The summed E-state index contributed by atoms with van der Waals surface area (Å²) in [5.41, 5.74) is 1.43. The number of pyridine rings is 1. The fourth-order valence-corrected chi connectivity index (χ4v) is 6.10. The second kappa shape index (κ2) is 9.59. The van der Waals surface area contributed by atoms with Gasteiger partial charge in [0.1, 0.15) is 11.6 Å². The molecule has 4 aromatic heterocycles. The molecular weight excluding hydrogens is 520 g/mol. The second-order valence-electron chi connectivity index (χ2n) is 10.2. The molecule has 4 aromatic rings. The van der Waals surface area contributed by atoms with Crippen molar-refractivity contribution in [3.63, 3.8) is 0 Å². The Hall–Kier alpha value is -4.07. The van der Waals surface area contributed by atoms with Crippen LogP contribution in [0.15, 0.2) is 36.9 Å². The van der Waals surface area contributed by atoms with E-state index in [0.29, 0.717) is 55.5 Å². The highest BCUT2D eigenvalue weighted by Gasteiger charge is 2.38. The summed E-state index contributed by atoms with van der Waals surface area (Å²) in [5, 5.41) is 15.5. The summed E-state index contributed by atoms with van der Waals surface area (Å²) >= 11 is 0. The molecule has 14 heteroatoms. The summed E-state index contributed by atoms with van der Waals surface area (Å²) in [5.74, 6) is 2.30. The van der Waals surface area contributed by atoms with Crippen molar-refractivity contribution in [3.8, 4) is 11.4 Å². The van der Waals surface area contributed by atoms with Crippen molar-refractivity contribution >= 4 is 44.3 Å². The lowest BCUT2D eigenvalue weighted by atomic mass is 9.99. The van der Waals surface area contributed by atoms with Crippen molar-refractivity contribution in [2.45, 2.75) is 44.9 Å². The minimum Gasteiger partial charge on any atom is -0.356 e. The zero-order chi connectivity index (χ0) is 27.3. The van der Waals surface area contributed by atoms with E-state index in [1.54, 1.807) is 18.5 Å². The van der Waals surface area contributed by atoms with Gasteiger partial charge in [0.25, 0.3) is 10.0 Å². The van der Waals surface area contributed by atoms with E-state index in [2.05, 4.69) is 49.4 Å². The fourth-order valence-electron chi connectivity index (χ4n) is 4.62. The molecule has 1 saturated heterocycles. The van der Waals surface area contributed by atoms with Gasteiger partial charge in [0, 0.05) is 44.1 Å². The van der Waals surface area contributed by atoms with Gasteiger partial charge in [-0.25, -0.2) is 23.4 Å². The van der Waals surface area contributed by atoms with Crippen molar-refractivity contribution in [3.05, 3.63) is 36.9 Å². The molecule has 1 saturated carbocycles. The molecule has 2 N–H and O–H groups in total. The van der Waals surface area contributed by atoms with Gasteiger partial charge in [-0.15, -0.1) is 0 Å². The highest BCUT2D eigenvalue weighted by Crippen LogP contribution is 2.34. The van der Waals surface area contributed by atoms with Gasteiger partial charge < -0.3 is 15.5 Å². The largest absolute Gasteiger partial charge is 0.356 e. The molecule has 0 aromatic carbocycles. The summed E-state index contributed by atoms with van der Waals surface area (Å²) in [6, 6.07) is 3.76. The van der Waals surface area contributed by atoms with E-state index in [1.165, 1.54) is 12.4 Å². The Morgan fingerprint density at radius 1 is 1.15 bits per heavy atom. The normalized spacial score (nSPS) is 16.1. The fraction of sp³-hybridized carbons (Fsp3) is 0.440. The number of hydrogen-bond donors (Lipinski definition) is 2. The molecule has 204 valence electrons. The van der Waals surface area contributed by atoms with E-state index in [0.717, 1.165) is 20.8 Å². The van der Waals surface area contributed by atoms with Gasteiger partial charge in [-0.2, -0.15) is 14.3 Å². The molecule has 0 bridgehead atoms. The minimum atomic E-state index is -3.46. The van der Waals surface area contributed by atoms with Crippen LogP contribution in [0.2, 0.25) is 0 Å². The lowest BCUT2D eigenvalue weighted by Gasteiger charge is -2.38. The van der Waals surface area contributed by atoms with Crippen LogP contribution in [0.3, 0.4) is 0 Å². The number of nitrogens with one attached hydrogen (secondary N) is 2. The van der Waals surface area contributed by atoms with Crippen LogP contribution >= 0.6 is 0 Å². The van der Waals surface area contributed by atoms with Gasteiger partial charge >= 0.3 is 0 Å². The number of carbonyl (C=O) groups excluding carboxylic acids is 1. The molecule has 2 aliphatic rings. The molecule has 13 nitrogen and oxygen atoms in total. The Labute approximate surface area is 225 Å². The molecule has 5 heterocycles. The molecule has 0 spiro atoms. The first-order chi connectivity index (χ1) is 18.7. The molecular formula is C25H30N10O3S. The molecule has 1 aliphatic heterocycles. The van der Waals surface area contributed by atoms with Gasteiger partial charge in [-0.3, -0.25) is 9.48 Å². The number of nitrogens with zero attached hydrogens (tertiary/aromatic N) is 8. The van der Waals surface area contributed by atoms with Crippen LogP contribution in [0.4, 0.5) is 17.5 Å². The van der Waals surface area contributed by atoms with Crippen LogP contribution < -0.4 is 15.5 Å². The second-order valence-corrected chi connectivity index (χ2v) is 12.3. The van der Waals surface area contributed by atoms with Crippen molar-refractivity contribution in [2.24, 2.45) is 5.92 Å². The summed E-state index contributed by atoms with van der Waals surface area (Å²) in [6.45, 7) is 7.92. The number of hydrogen-bond acceptors (Lipinski definition) is 10. The van der Waals surface area contributed by atoms with Crippen molar-refractivity contribution in [1.82, 2.24) is 39.2 Å². The Morgan fingerprint density at radius 3 is 2.67 bits per heavy atom. The van der Waals surface area contributed by atoms with Crippen LogP contribution in [0.5, 0.6) is 0 Å². The lowest BCUT2D eigenvalue weighted by molar-refractivity contribution is -0.125. The van der Waals surface area contributed by atoms with Gasteiger partial charge in [0.05, 0.1) is 40.0 Å². The Morgan fingerprint density at radius 2 is 1.95 bits per heavy atom.